The van der Waals surface area contributed by atoms with Crippen molar-refractivity contribution >= 4 is 28.3 Å². The number of nitrogens with zero attached hydrogens (tertiary/aromatic N) is 1. The first-order valence-electron chi connectivity index (χ1n) is 6.34. The van der Waals surface area contributed by atoms with Crippen molar-refractivity contribution in [3.05, 3.63) is 34.1 Å². The van der Waals surface area contributed by atoms with Crippen molar-refractivity contribution < 1.29 is 18.3 Å². The molecular weight excluding hydrogens is 373 g/mol. The second-order valence-electron chi connectivity index (χ2n) is 4.77. The Morgan fingerprint density at radius 1 is 1.33 bits per heavy atom. The summed E-state index contributed by atoms with van der Waals surface area (Å²) in [7, 11) is 0. The van der Waals surface area contributed by atoms with Crippen LogP contribution in [0.2, 0.25) is 0 Å². The lowest BCUT2D eigenvalue weighted by Crippen LogP contribution is -2.51. The molecule has 0 radical (unpaired) electrons. The number of aliphatic hydroxyl groups is 1. The second kappa shape index (κ2) is 7.78. The van der Waals surface area contributed by atoms with E-state index in [0.29, 0.717) is 26.2 Å². The van der Waals surface area contributed by atoms with Crippen LogP contribution < -0.4 is 5.32 Å². The Kier molecular flexibility index (Phi) is 6.93. The highest BCUT2D eigenvalue weighted by molar-refractivity contribution is 9.10. The first kappa shape index (κ1) is 18.7. The Morgan fingerprint density at radius 3 is 2.48 bits per heavy atom. The van der Waals surface area contributed by atoms with Crippen molar-refractivity contribution in [3.8, 4) is 0 Å². The quantitative estimate of drug-likeness (QED) is 0.831. The molecule has 0 amide bonds. The van der Waals surface area contributed by atoms with E-state index in [2.05, 4.69) is 21.2 Å². The molecule has 0 aromatic heterocycles. The molecule has 1 atom stereocenters. The van der Waals surface area contributed by atoms with Gasteiger partial charge in [-0.3, -0.25) is 4.90 Å². The Hall–Kier alpha value is -0.340. The van der Waals surface area contributed by atoms with Crippen LogP contribution in [0.25, 0.3) is 0 Å². The SMILES string of the molecule is Cl.OCC(F)(F)[C@H](c1ccc(F)cc1Br)N1CCNCC1. The molecule has 2 N–H and O–H groups in total. The third-order valence-corrected chi connectivity index (χ3v) is 4.07. The summed E-state index contributed by atoms with van der Waals surface area (Å²) in [5.41, 5.74) is 0.285. The van der Waals surface area contributed by atoms with Crippen LogP contribution in [-0.4, -0.2) is 48.7 Å². The number of aliphatic hydroxyl groups excluding tert-OH is 1. The molecule has 1 aromatic carbocycles. The van der Waals surface area contributed by atoms with E-state index in [1.807, 2.05) is 0 Å². The van der Waals surface area contributed by atoms with Gasteiger partial charge < -0.3 is 10.4 Å². The lowest BCUT2D eigenvalue weighted by atomic mass is 9.98. The molecule has 0 aliphatic carbocycles. The summed E-state index contributed by atoms with van der Waals surface area (Å²) in [5.74, 6) is -3.79. The van der Waals surface area contributed by atoms with E-state index in [9.17, 15) is 13.2 Å². The Labute approximate surface area is 136 Å². The zero-order valence-corrected chi connectivity index (χ0v) is 13.6. The molecule has 120 valence electrons. The number of hydrogen-bond donors (Lipinski definition) is 2. The topological polar surface area (TPSA) is 35.5 Å². The largest absolute Gasteiger partial charge is 0.390 e. The van der Waals surface area contributed by atoms with E-state index in [1.54, 1.807) is 4.90 Å². The van der Waals surface area contributed by atoms with E-state index >= 15 is 0 Å². The summed E-state index contributed by atoms with van der Waals surface area (Å²) in [6.07, 6.45) is 0. The van der Waals surface area contributed by atoms with Crippen molar-refractivity contribution in [2.45, 2.75) is 12.0 Å². The van der Waals surface area contributed by atoms with Gasteiger partial charge in [-0.2, -0.15) is 0 Å². The van der Waals surface area contributed by atoms with Crippen LogP contribution >= 0.6 is 28.3 Å². The lowest BCUT2D eigenvalue weighted by Gasteiger charge is -2.39. The first-order chi connectivity index (χ1) is 9.45. The Morgan fingerprint density at radius 2 is 1.95 bits per heavy atom. The maximum atomic E-state index is 14.1. The van der Waals surface area contributed by atoms with E-state index in [4.69, 9.17) is 5.11 Å². The fraction of sp³-hybridized carbons (Fsp3) is 0.538. The van der Waals surface area contributed by atoms with Crippen LogP contribution in [0.5, 0.6) is 0 Å². The van der Waals surface area contributed by atoms with Gasteiger partial charge >= 0.3 is 0 Å². The maximum Gasteiger partial charge on any atom is 0.289 e. The molecule has 1 heterocycles. The highest BCUT2D eigenvalue weighted by atomic mass is 79.9. The molecule has 1 saturated heterocycles. The Balaban J connectivity index is 0.00000220. The standard InChI is InChI=1S/C13H16BrF3N2O.ClH/c14-11-7-9(15)1-2-10(11)12(13(16,17)8-20)19-5-3-18-4-6-19;/h1-2,7,12,18,20H,3-6,8H2;1H/t12-;/m0./s1. The van der Waals surface area contributed by atoms with Gasteiger partial charge in [-0.1, -0.05) is 22.0 Å². The van der Waals surface area contributed by atoms with Crippen molar-refractivity contribution in [1.29, 1.82) is 0 Å². The van der Waals surface area contributed by atoms with Crippen LogP contribution in [-0.2, 0) is 0 Å². The summed E-state index contributed by atoms with van der Waals surface area (Å²) in [4.78, 5) is 1.62. The van der Waals surface area contributed by atoms with Crippen LogP contribution in [0.1, 0.15) is 11.6 Å². The molecule has 1 fully saturated rings. The number of rotatable bonds is 4. The third-order valence-electron chi connectivity index (χ3n) is 3.38. The predicted molar refractivity (Wildman–Crippen MR) is 80.6 cm³/mol. The van der Waals surface area contributed by atoms with E-state index in [-0.39, 0.29) is 22.4 Å². The number of alkyl halides is 2. The van der Waals surface area contributed by atoms with E-state index in [0.717, 1.165) is 12.1 Å². The average Bonchev–Trinajstić information content (AvgIpc) is 2.43. The average molecular weight is 390 g/mol. The van der Waals surface area contributed by atoms with Gasteiger partial charge in [-0.15, -0.1) is 12.4 Å². The first-order valence-corrected chi connectivity index (χ1v) is 7.13. The predicted octanol–water partition coefficient (Wildman–Crippen LogP) is 2.58. The van der Waals surface area contributed by atoms with Gasteiger partial charge in [0.2, 0.25) is 0 Å². The van der Waals surface area contributed by atoms with Gasteiger partial charge in [-0.05, 0) is 17.7 Å². The minimum Gasteiger partial charge on any atom is -0.390 e. The molecule has 0 spiro atoms. The Bertz CT molecular complexity index is 473. The van der Waals surface area contributed by atoms with Gasteiger partial charge in [0.15, 0.2) is 0 Å². The normalized spacial score (nSPS) is 18.1. The molecule has 8 heteroatoms. The summed E-state index contributed by atoms with van der Waals surface area (Å²) < 4.78 is 41.7. The van der Waals surface area contributed by atoms with Crippen LogP contribution in [0.3, 0.4) is 0 Å². The van der Waals surface area contributed by atoms with Crippen molar-refractivity contribution in [1.82, 2.24) is 10.2 Å². The molecule has 1 aliphatic heterocycles. The third kappa shape index (κ3) is 4.32. The van der Waals surface area contributed by atoms with Gasteiger partial charge in [-0.25, -0.2) is 13.2 Å². The molecule has 0 unspecified atom stereocenters. The number of hydrogen-bond acceptors (Lipinski definition) is 3. The van der Waals surface area contributed by atoms with Crippen molar-refractivity contribution in [3.63, 3.8) is 0 Å². The molecule has 0 bridgehead atoms. The van der Waals surface area contributed by atoms with Gasteiger partial charge in [0, 0.05) is 30.7 Å². The summed E-state index contributed by atoms with van der Waals surface area (Å²) in [6, 6.07) is 2.39. The van der Waals surface area contributed by atoms with Gasteiger partial charge in [0.25, 0.3) is 5.92 Å². The smallest absolute Gasteiger partial charge is 0.289 e. The summed E-state index contributed by atoms with van der Waals surface area (Å²) >= 11 is 3.14. The second-order valence-corrected chi connectivity index (χ2v) is 5.63. The number of piperazine rings is 1. The molecule has 1 aliphatic rings. The highest BCUT2D eigenvalue weighted by Crippen LogP contribution is 2.39. The number of halogens is 5. The minimum absolute atomic E-state index is 0. The molecule has 2 rings (SSSR count). The van der Waals surface area contributed by atoms with Crippen LogP contribution in [0.15, 0.2) is 22.7 Å². The fourth-order valence-corrected chi connectivity index (χ4v) is 3.01. The van der Waals surface area contributed by atoms with Gasteiger partial charge in [0.1, 0.15) is 18.5 Å². The van der Waals surface area contributed by atoms with Gasteiger partial charge in [0.05, 0.1) is 0 Å². The molecule has 3 nitrogen and oxygen atoms in total. The van der Waals surface area contributed by atoms with Crippen molar-refractivity contribution in [2.24, 2.45) is 0 Å². The summed E-state index contributed by atoms with van der Waals surface area (Å²) in [5, 5.41) is 12.1. The highest BCUT2D eigenvalue weighted by Gasteiger charge is 2.44. The van der Waals surface area contributed by atoms with E-state index in [1.165, 1.54) is 6.07 Å². The zero-order chi connectivity index (χ0) is 14.8. The summed E-state index contributed by atoms with van der Waals surface area (Å²) in [6.45, 7) is 0.868. The fourth-order valence-electron chi connectivity index (χ4n) is 2.44. The van der Waals surface area contributed by atoms with Crippen LogP contribution in [0, 0.1) is 5.82 Å². The van der Waals surface area contributed by atoms with Crippen molar-refractivity contribution in [2.75, 3.05) is 32.8 Å². The minimum atomic E-state index is -3.29. The monoisotopic (exact) mass is 388 g/mol. The van der Waals surface area contributed by atoms with Crippen LogP contribution in [0.4, 0.5) is 13.2 Å². The molecule has 0 saturated carbocycles. The number of benzene rings is 1. The lowest BCUT2D eigenvalue weighted by molar-refractivity contribution is -0.118. The van der Waals surface area contributed by atoms with E-state index < -0.39 is 24.4 Å². The number of nitrogens with one attached hydrogen (secondary N) is 1. The zero-order valence-electron chi connectivity index (χ0n) is 11.2. The molecule has 21 heavy (non-hydrogen) atoms. The maximum absolute atomic E-state index is 14.1. The molecule has 1 aromatic rings. The molecular formula is C13H17BrClF3N2O.